The van der Waals surface area contributed by atoms with Gasteiger partial charge >= 0.3 is 0 Å². The van der Waals surface area contributed by atoms with E-state index < -0.39 is 0 Å². The standard InChI is InChI=1S/C24H30N2O2/c1-3-26-11-9-17(25-26)12-16-14-22-21-6-4-15-13-18(27)5-7-19(15)20(21)8-10-24(22,2)23(16)28/h5,7,9,11-13,20-23,27-28H,3-4,6,8,10,14H2,1-2H3/b16-12+/t20-,21+,22+,23+,24+/m0/s1. The van der Waals surface area contributed by atoms with Crippen LogP contribution in [0.25, 0.3) is 6.08 Å². The van der Waals surface area contributed by atoms with Crippen LogP contribution in [0.15, 0.2) is 36.0 Å². The van der Waals surface area contributed by atoms with Crippen molar-refractivity contribution in [1.82, 2.24) is 9.78 Å². The van der Waals surface area contributed by atoms with Crippen LogP contribution < -0.4 is 0 Å². The maximum absolute atomic E-state index is 11.3. The Morgan fingerprint density at radius 1 is 1.29 bits per heavy atom. The van der Waals surface area contributed by atoms with Crippen LogP contribution in [0, 0.1) is 17.3 Å². The number of aromatic nitrogens is 2. The molecule has 1 heterocycles. The zero-order valence-corrected chi connectivity index (χ0v) is 16.8. The number of hydrogen-bond acceptors (Lipinski definition) is 3. The topological polar surface area (TPSA) is 58.3 Å². The molecule has 4 nitrogen and oxygen atoms in total. The van der Waals surface area contributed by atoms with Gasteiger partial charge in [0.15, 0.2) is 0 Å². The van der Waals surface area contributed by atoms with Gasteiger partial charge in [0.25, 0.3) is 0 Å². The van der Waals surface area contributed by atoms with Crippen molar-refractivity contribution < 1.29 is 10.2 Å². The number of benzene rings is 1. The number of aliphatic hydroxyl groups is 1. The van der Waals surface area contributed by atoms with Gasteiger partial charge in [0.2, 0.25) is 0 Å². The molecule has 2 aromatic rings. The molecule has 28 heavy (non-hydrogen) atoms. The Kier molecular flexibility index (Phi) is 4.16. The van der Waals surface area contributed by atoms with E-state index in [0.29, 0.717) is 23.5 Å². The molecule has 0 aliphatic heterocycles. The molecule has 1 aromatic heterocycles. The molecule has 148 valence electrons. The number of phenols is 1. The number of rotatable bonds is 2. The highest BCUT2D eigenvalue weighted by molar-refractivity contribution is 5.52. The fourth-order valence-electron chi connectivity index (χ4n) is 6.39. The van der Waals surface area contributed by atoms with Gasteiger partial charge in [-0.2, -0.15) is 5.10 Å². The van der Waals surface area contributed by atoms with Crippen molar-refractivity contribution >= 4 is 6.08 Å². The molecule has 2 fully saturated rings. The minimum atomic E-state index is -0.369. The Hall–Kier alpha value is -2.07. The second kappa shape index (κ2) is 6.48. The number of fused-ring (bicyclic) bond motifs is 5. The average Bonchev–Trinajstić information content (AvgIpc) is 3.25. The van der Waals surface area contributed by atoms with Crippen molar-refractivity contribution in [2.75, 3.05) is 0 Å². The summed E-state index contributed by atoms with van der Waals surface area (Å²) in [5, 5.41) is 25.7. The lowest BCUT2D eigenvalue weighted by molar-refractivity contribution is -0.0158. The summed E-state index contributed by atoms with van der Waals surface area (Å²) in [5.74, 6) is 2.08. The van der Waals surface area contributed by atoms with E-state index >= 15 is 0 Å². The molecule has 0 amide bonds. The quantitative estimate of drug-likeness (QED) is 0.808. The van der Waals surface area contributed by atoms with Gasteiger partial charge in [0, 0.05) is 18.2 Å². The van der Waals surface area contributed by atoms with Crippen LogP contribution in [0.5, 0.6) is 5.75 Å². The Morgan fingerprint density at radius 2 is 2.14 bits per heavy atom. The highest BCUT2D eigenvalue weighted by atomic mass is 16.3. The van der Waals surface area contributed by atoms with E-state index in [1.807, 2.05) is 29.1 Å². The van der Waals surface area contributed by atoms with E-state index in [0.717, 1.165) is 49.9 Å². The molecule has 0 spiro atoms. The van der Waals surface area contributed by atoms with Gasteiger partial charge in [-0.1, -0.05) is 13.0 Å². The molecule has 4 heteroatoms. The van der Waals surface area contributed by atoms with Crippen LogP contribution in [-0.4, -0.2) is 26.1 Å². The Morgan fingerprint density at radius 3 is 2.93 bits per heavy atom. The largest absolute Gasteiger partial charge is 0.508 e. The molecule has 2 saturated carbocycles. The lowest BCUT2D eigenvalue weighted by Crippen LogP contribution is -2.44. The number of aliphatic hydroxyl groups excluding tert-OH is 1. The molecule has 5 atom stereocenters. The zero-order chi connectivity index (χ0) is 19.5. The number of aromatic hydroxyl groups is 1. The Bertz CT molecular complexity index is 930. The number of aryl methyl sites for hydroxylation is 2. The van der Waals surface area contributed by atoms with Crippen LogP contribution in [0.1, 0.15) is 62.3 Å². The number of phenolic OH excluding ortho intramolecular Hbond substituents is 1. The van der Waals surface area contributed by atoms with Crippen molar-refractivity contribution in [1.29, 1.82) is 0 Å². The first-order valence-electron chi connectivity index (χ1n) is 10.7. The predicted octanol–water partition coefficient (Wildman–Crippen LogP) is 4.52. The van der Waals surface area contributed by atoms with E-state index in [1.54, 1.807) is 0 Å². The van der Waals surface area contributed by atoms with Gasteiger partial charge in [-0.3, -0.25) is 4.68 Å². The van der Waals surface area contributed by atoms with Gasteiger partial charge in [0.1, 0.15) is 5.75 Å². The van der Waals surface area contributed by atoms with Crippen LogP contribution in [0.4, 0.5) is 0 Å². The molecule has 0 radical (unpaired) electrons. The third-order valence-electron chi connectivity index (χ3n) is 7.90. The summed E-state index contributed by atoms with van der Waals surface area (Å²) in [6.45, 7) is 5.26. The van der Waals surface area contributed by atoms with Crippen molar-refractivity contribution in [2.45, 2.75) is 64.5 Å². The smallest absolute Gasteiger partial charge is 0.115 e. The summed E-state index contributed by atoms with van der Waals surface area (Å²) < 4.78 is 1.94. The van der Waals surface area contributed by atoms with Gasteiger partial charge < -0.3 is 10.2 Å². The fraction of sp³-hybridized carbons (Fsp3) is 0.542. The Labute approximate surface area is 166 Å². The lowest BCUT2D eigenvalue weighted by atomic mass is 9.55. The molecular formula is C24H30N2O2. The molecular weight excluding hydrogens is 348 g/mol. The van der Waals surface area contributed by atoms with Crippen molar-refractivity contribution in [3.05, 3.63) is 52.9 Å². The summed E-state index contributed by atoms with van der Waals surface area (Å²) in [7, 11) is 0. The Balaban J connectivity index is 1.46. The van der Waals surface area contributed by atoms with Crippen molar-refractivity contribution in [3.8, 4) is 5.75 Å². The molecule has 3 aliphatic carbocycles. The highest BCUT2D eigenvalue weighted by Crippen LogP contribution is 2.62. The molecule has 1 aromatic carbocycles. The number of hydrogen-bond donors (Lipinski definition) is 2. The average molecular weight is 379 g/mol. The van der Waals surface area contributed by atoms with Gasteiger partial charge in [0.05, 0.1) is 11.8 Å². The summed E-state index contributed by atoms with van der Waals surface area (Å²) in [6, 6.07) is 7.98. The van der Waals surface area contributed by atoms with Gasteiger partial charge in [-0.05, 0) is 97.8 Å². The lowest BCUT2D eigenvalue weighted by Gasteiger charge is -2.49. The van der Waals surface area contributed by atoms with Crippen LogP contribution in [-0.2, 0) is 13.0 Å². The second-order valence-corrected chi connectivity index (χ2v) is 9.27. The maximum atomic E-state index is 11.3. The van der Waals surface area contributed by atoms with E-state index in [2.05, 4.69) is 31.1 Å². The van der Waals surface area contributed by atoms with Crippen LogP contribution >= 0.6 is 0 Å². The zero-order valence-electron chi connectivity index (χ0n) is 16.8. The number of nitrogens with zero attached hydrogens (tertiary/aromatic N) is 2. The fourth-order valence-corrected chi connectivity index (χ4v) is 6.39. The predicted molar refractivity (Wildman–Crippen MR) is 110 cm³/mol. The summed E-state index contributed by atoms with van der Waals surface area (Å²) in [4.78, 5) is 0. The summed E-state index contributed by atoms with van der Waals surface area (Å²) in [5.41, 5.74) is 4.84. The SMILES string of the molecule is CCn1ccc(/C=C2\C[C@@H]3[C@@H]4CCc5cc(O)ccc5[C@@H]4CC[C@@]3(C)[C@@H]2O)n1. The monoisotopic (exact) mass is 378 g/mol. The van der Waals surface area contributed by atoms with E-state index in [4.69, 9.17) is 0 Å². The van der Waals surface area contributed by atoms with Crippen LogP contribution in [0.3, 0.4) is 0 Å². The second-order valence-electron chi connectivity index (χ2n) is 9.27. The maximum Gasteiger partial charge on any atom is 0.115 e. The molecule has 5 rings (SSSR count). The summed E-state index contributed by atoms with van der Waals surface area (Å²) in [6.07, 6.45) is 9.12. The van der Waals surface area contributed by atoms with Crippen molar-refractivity contribution in [2.24, 2.45) is 17.3 Å². The van der Waals surface area contributed by atoms with Crippen LogP contribution in [0.2, 0.25) is 0 Å². The van der Waals surface area contributed by atoms with E-state index in [-0.39, 0.29) is 11.5 Å². The molecule has 3 aliphatic rings. The first-order valence-corrected chi connectivity index (χ1v) is 10.7. The first-order chi connectivity index (χ1) is 13.5. The molecule has 2 N–H and O–H groups in total. The first kappa shape index (κ1) is 18.0. The minimum absolute atomic E-state index is 0.0330. The molecule has 0 unspecified atom stereocenters. The normalized spacial score (nSPS) is 35.5. The van der Waals surface area contributed by atoms with E-state index in [1.165, 1.54) is 11.1 Å². The van der Waals surface area contributed by atoms with E-state index in [9.17, 15) is 10.2 Å². The van der Waals surface area contributed by atoms with Crippen molar-refractivity contribution in [3.63, 3.8) is 0 Å². The highest BCUT2D eigenvalue weighted by Gasteiger charge is 2.56. The summed E-state index contributed by atoms with van der Waals surface area (Å²) >= 11 is 0. The third kappa shape index (κ3) is 2.65. The molecule has 0 bridgehead atoms. The van der Waals surface area contributed by atoms with Gasteiger partial charge in [-0.15, -0.1) is 0 Å². The molecule has 0 saturated heterocycles. The third-order valence-corrected chi connectivity index (χ3v) is 7.90. The minimum Gasteiger partial charge on any atom is -0.508 e. The van der Waals surface area contributed by atoms with Gasteiger partial charge in [-0.25, -0.2) is 0 Å².